The van der Waals surface area contributed by atoms with Crippen molar-refractivity contribution in [3.8, 4) is 11.8 Å². The van der Waals surface area contributed by atoms with Crippen molar-refractivity contribution in [2.24, 2.45) is 0 Å². The zero-order valence-corrected chi connectivity index (χ0v) is 16.2. The van der Waals surface area contributed by atoms with Gasteiger partial charge in [0.2, 0.25) is 11.8 Å². The normalized spacial score (nSPS) is 17.7. The number of hydrogen-bond donors (Lipinski definition) is 2. The summed E-state index contributed by atoms with van der Waals surface area (Å²) in [6.45, 7) is 0. The van der Waals surface area contributed by atoms with Crippen LogP contribution in [-0.4, -0.2) is 45.6 Å². The highest BCUT2D eigenvalue weighted by Crippen LogP contribution is 2.29. The van der Waals surface area contributed by atoms with E-state index >= 15 is 0 Å². The molecule has 4 rings (SSSR count). The molecule has 8 heteroatoms. The lowest BCUT2D eigenvalue weighted by Gasteiger charge is -2.27. The minimum Gasteiger partial charge on any atom is -0.481 e. The maximum Gasteiger partial charge on any atom is 0.307 e. The minimum absolute atomic E-state index is 0.0499. The van der Waals surface area contributed by atoms with E-state index < -0.39 is 35.6 Å². The molecule has 0 radical (unpaired) electrons. The molecule has 2 aliphatic heterocycles. The molecule has 0 saturated carbocycles. The molecule has 2 N–H and O–H groups in total. The number of piperidine rings is 1. The van der Waals surface area contributed by atoms with Crippen LogP contribution in [0.2, 0.25) is 0 Å². The Morgan fingerprint density at radius 2 is 1.77 bits per heavy atom. The maximum atomic E-state index is 13.0. The second-order valence-electron chi connectivity index (χ2n) is 7.19. The molecule has 8 nitrogen and oxygen atoms in total. The zero-order chi connectivity index (χ0) is 22.1. The van der Waals surface area contributed by atoms with E-state index in [1.807, 2.05) is 0 Å². The van der Waals surface area contributed by atoms with Crippen LogP contribution in [0, 0.1) is 11.8 Å². The number of rotatable bonds is 3. The largest absolute Gasteiger partial charge is 0.481 e. The number of aliphatic carboxylic acids is 1. The summed E-state index contributed by atoms with van der Waals surface area (Å²) in [5.74, 6) is 2.58. The molecular weight excluding hydrogens is 400 g/mol. The summed E-state index contributed by atoms with van der Waals surface area (Å²) in [4.78, 5) is 61.1. The zero-order valence-electron chi connectivity index (χ0n) is 16.2. The molecule has 2 aromatic carbocycles. The quantitative estimate of drug-likeness (QED) is 0.571. The predicted molar refractivity (Wildman–Crippen MR) is 107 cm³/mol. The first kappa shape index (κ1) is 20.0. The van der Waals surface area contributed by atoms with Crippen LogP contribution in [0.4, 0.5) is 0 Å². The van der Waals surface area contributed by atoms with Gasteiger partial charge in [0.1, 0.15) is 6.04 Å². The molecule has 1 fully saturated rings. The van der Waals surface area contributed by atoms with Gasteiger partial charge in [-0.2, -0.15) is 0 Å². The van der Waals surface area contributed by atoms with E-state index in [2.05, 4.69) is 17.2 Å². The summed E-state index contributed by atoms with van der Waals surface area (Å²) in [6.07, 6.45) is 0.0425. The van der Waals surface area contributed by atoms with Crippen LogP contribution in [-0.2, 0) is 20.8 Å². The van der Waals surface area contributed by atoms with Crippen molar-refractivity contribution in [3.63, 3.8) is 0 Å². The van der Waals surface area contributed by atoms with Crippen molar-refractivity contribution < 1.29 is 29.1 Å². The smallest absolute Gasteiger partial charge is 0.307 e. The van der Waals surface area contributed by atoms with Crippen molar-refractivity contribution >= 4 is 29.6 Å². The van der Waals surface area contributed by atoms with Crippen molar-refractivity contribution in [1.82, 2.24) is 10.2 Å². The lowest BCUT2D eigenvalue weighted by atomic mass is 10.0. The van der Waals surface area contributed by atoms with Gasteiger partial charge in [-0.25, -0.2) is 0 Å². The highest BCUT2D eigenvalue weighted by atomic mass is 16.4. The number of imide groups is 2. The second kappa shape index (κ2) is 7.88. The molecule has 2 heterocycles. The molecular formula is C23H16N2O6. The summed E-state index contributed by atoms with van der Waals surface area (Å²) < 4.78 is 0. The van der Waals surface area contributed by atoms with E-state index in [9.17, 15) is 24.0 Å². The number of carboxylic acids is 1. The van der Waals surface area contributed by atoms with Gasteiger partial charge >= 0.3 is 5.97 Å². The average molecular weight is 416 g/mol. The molecule has 0 bridgehead atoms. The fourth-order valence-corrected chi connectivity index (χ4v) is 3.64. The Hall–Kier alpha value is -4.25. The third-order valence-corrected chi connectivity index (χ3v) is 5.12. The van der Waals surface area contributed by atoms with Crippen LogP contribution < -0.4 is 5.32 Å². The van der Waals surface area contributed by atoms with Crippen LogP contribution >= 0.6 is 0 Å². The van der Waals surface area contributed by atoms with Gasteiger partial charge in [-0.3, -0.25) is 34.2 Å². The van der Waals surface area contributed by atoms with Gasteiger partial charge in [-0.1, -0.05) is 30.0 Å². The summed E-state index contributed by atoms with van der Waals surface area (Å²) >= 11 is 0. The third kappa shape index (κ3) is 3.81. The Balaban J connectivity index is 1.63. The van der Waals surface area contributed by atoms with Crippen LogP contribution in [0.15, 0.2) is 42.5 Å². The topological polar surface area (TPSA) is 121 Å². The summed E-state index contributed by atoms with van der Waals surface area (Å²) in [5, 5.41) is 11.0. The lowest BCUT2D eigenvalue weighted by Crippen LogP contribution is -2.54. The van der Waals surface area contributed by atoms with E-state index in [1.165, 1.54) is 6.07 Å². The summed E-state index contributed by atoms with van der Waals surface area (Å²) in [7, 11) is 0. The molecule has 1 saturated heterocycles. The molecule has 2 aromatic rings. The van der Waals surface area contributed by atoms with Crippen LogP contribution in [0.3, 0.4) is 0 Å². The molecule has 1 unspecified atom stereocenters. The molecule has 154 valence electrons. The van der Waals surface area contributed by atoms with Gasteiger partial charge in [-0.15, -0.1) is 0 Å². The molecule has 2 aliphatic rings. The van der Waals surface area contributed by atoms with Crippen molar-refractivity contribution in [2.75, 3.05) is 0 Å². The van der Waals surface area contributed by atoms with Gasteiger partial charge < -0.3 is 5.11 Å². The molecule has 1 atom stereocenters. The number of fused-ring (bicyclic) bond motifs is 1. The molecule has 31 heavy (non-hydrogen) atoms. The van der Waals surface area contributed by atoms with Gasteiger partial charge in [0.15, 0.2) is 0 Å². The van der Waals surface area contributed by atoms with Crippen LogP contribution in [0.5, 0.6) is 0 Å². The lowest BCUT2D eigenvalue weighted by molar-refractivity contribution is -0.137. The SMILES string of the molecule is O=C(O)Cc1ccc(C#Cc2cccc3c2C(=O)N(C2CCC(=O)NC2=O)C3=O)cc1. The van der Waals surface area contributed by atoms with Crippen LogP contribution in [0.25, 0.3) is 0 Å². The summed E-state index contributed by atoms with van der Waals surface area (Å²) in [5.41, 5.74) is 1.90. The number of hydrogen-bond acceptors (Lipinski definition) is 5. The number of amides is 4. The Kier molecular flexibility index (Phi) is 5.09. The third-order valence-electron chi connectivity index (χ3n) is 5.12. The molecule has 0 spiro atoms. The standard InChI is InChI=1S/C23H16N2O6/c26-18-11-10-17(21(29)24-18)25-22(30)16-3-1-2-15(20(16)23(25)31)9-8-13-4-6-14(7-5-13)12-19(27)28/h1-7,17H,10-12H2,(H,27,28)(H,24,26,29). The first-order chi connectivity index (χ1) is 14.8. The predicted octanol–water partition coefficient (Wildman–Crippen LogP) is 1.11. The van der Waals surface area contributed by atoms with Gasteiger partial charge in [-0.05, 0) is 36.2 Å². The summed E-state index contributed by atoms with van der Waals surface area (Å²) in [6, 6.07) is 10.4. The highest BCUT2D eigenvalue weighted by molar-refractivity contribution is 6.24. The fraction of sp³-hybridized carbons (Fsp3) is 0.174. The van der Waals surface area contributed by atoms with Gasteiger partial charge in [0.05, 0.1) is 17.5 Å². The number of carbonyl (C=O) groups excluding carboxylic acids is 4. The Morgan fingerprint density at radius 3 is 2.45 bits per heavy atom. The number of nitrogens with one attached hydrogen (secondary N) is 1. The number of benzene rings is 2. The number of carboxylic acid groups (broad SMARTS) is 1. The van der Waals surface area contributed by atoms with E-state index in [4.69, 9.17) is 5.11 Å². The van der Waals surface area contributed by atoms with E-state index in [0.29, 0.717) is 16.7 Å². The van der Waals surface area contributed by atoms with Crippen molar-refractivity contribution in [3.05, 3.63) is 70.3 Å². The van der Waals surface area contributed by atoms with E-state index in [0.717, 1.165) is 4.90 Å². The Labute approximate surface area is 176 Å². The monoisotopic (exact) mass is 416 g/mol. The van der Waals surface area contributed by atoms with E-state index in [-0.39, 0.29) is 30.4 Å². The van der Waals surface area contributed by atoms with Crippen LogP contribution in [0.1, 0.15) is 50.2 Å². The Bertz CT molecular complexity index is 1200. The number of nitrogens with zero attached hydrogens (tertiary/aromatic N) is 1. The minimum atomic E-state index is -1.03. The fourth-order valence-electron chi connectivity index (χ4n) is 3.64. The molecule has 0 aliphatic carbocycles. The van der Waals surface area contributed by atoms with Crippen molar-refractivity contribution in [1.29, 1.82) is 0 Å². The molecule has 0 aromatic heterocycles. The van der Waals surface area contributed by atoms with Gasteiger partial charge in [0.25, 0.3) is 11.8 Å². The molecule has 4 amide bonds. The average Bonchev–Trinajstić information content (AvgIpc) is 2.98. The first-order valence-electron chi connectivity index (χ1n) is 9.52. The van der Waals surface area contributed by atoms with Gasteiger partial charge in [0, 0.05) is 17.5 Å². The Morgan fingerprint density at radius 1 is 1.03 bits per heavy atom. The number of carbonyl (C=O) groups is 5. The maximum absolute atomic E-state index is 13.0. The van der Waals surface area contributed by atoms with Crippen molar-refractivity contribution in [2.45, 2.75) is 25.3 Å². The van der Waals surface area contributed by atoms with E-state index in [1.54, 1.807) is 36.4 Å². The second-order valence-corrected chi connectivity index (χ2v) is 7.19. The highest BCUT2D eigenvalue weighted by Gasteiger charge is 2.45. The first-order valence-corrected chi connectivity index (χ1v) is 9.52.